The van der Waals surface area contributed by atoms with Crippen molar-refractivity contribution in [3.8, 4) is 11.3 Å². The lowest BCUT2D eigenvalue weighted by Gasteiger charge is -2.32. The third kappa shape index (κ3) is 3.67. The maximum atomic E-state index is 12.9. The zero-order valence-electron chi connectivity index (χ0n) is 15.0. The minimum atomic E-state index is -0.130. The van der Waals surface area contributed by atoms with Crippen LogP contribution in [0, 0.1) is 5.92 Å². The summed E-state index contributed by atoms with van der Waals surface area (Å²) in [5.41, 5.74) is 3.27. The first-order valence-electron chi connectivity index (χ1n) is 9.21. The standard InChI is InChI=1S/C22H21N3O2/c26-21(17-5-2-1-3-6-17)19-7-4-14-25(15-19)22(27)18-10-8-16(9-11-18)20-12-13-23-24-20/h1-3,5-6,8-13,19H,4,7,14-15H2,(H,23,24). The zero-order valence-corrected chi connectivity index (χ0v) is 15.0. The van der Waals surface area contributed by atoms with Crippen molar-refractivity contribution >= 4 is 11.7 Å². The topological polar surface area (TPSA) is 66.1 Å². The number of aromatic amines is 1. The maximum Gasteiger partial charge on any atom is 0.253 e. The van der Waals surface area contributed by atoms with E-state index >= 15 is 0 Å². The number of likely N-dealkylation sites (tertiary alicyclic amines) is 1. The molecule has 1 atom stereocenters. The van der Waals surface area contributed by atoms with Gasteiger partial charge in [0.25, 0.3) is 5.91 Å². The van der Waals surface area contributed by atoms with Crippen molar-refractivity contribution < 1.29 is 9.59 Å². The van der Waals surface area contributed by atoms with E-state index < -0.39 is 0 Å². The summed E-state index contributed by atoms with van der Waals surface area (Å²) in [4.78, 5) is 27.4. The molecule has 0 spiro atoms. The Morgan fingerprint density at radius 1 is 0.963 bits per heavy atom. The summed E-state index contributed by atoms with van der Waals surface area (Å²) in [7, 11) is 0. The van der Waals surface area contributed by atoms with Crippen LogP contribution in [0.15, 0.2) is 66.9 Å². The van der Waals surface area contributed by atoms with Crippen molar-refractivity contribution in [1.82, 2.24) is 15.1 Å². The molecule has 5 nitrogen and oxygen atoms in total. The highest BCUT2D eigenvalue weighted by Crippen LogP contribution is 2.23. The number of carbonyl (C=O) groups excluding carboxylic acids is 2. The summed E-state index contributed by atoms with van der Waals surface area (Å²) in [5.74, 6) is -0.0196. The van der Waals surface area contributed by atoms with E-state index in [0.717, 1.165) is 29.7 Å². The molecular formula is C22H21N3O2. The molecule has 1 aliphatic rings. The molecule has 1 saturated heterocycles. The van der Waals surface area contributed by atoms with Gasteiger partial charge in [0.05, 0.1) is 5.69 Å². The zero-order chi connectivity index (χ0) is 18.6. The average molecular weight is 359 g/mol. The Bertz CT molecular complexity index is 918. The van der Waals surface area contributed by atoms with Gasteiger partial charge >= 0.3 is 0 Å². The fourth-order valence-corrected chi connectivity index (χ4v) is 3.61. The van der Waals surface area contributed by atoms with Crippen molar-refractivity contribution in [2.45, 2.75) is 12.8 Å². The molecule has 1 aromatic heterocycles. The van der Waals surface area contributed by atoms with Crippen LogP contribution in [0.25, 0.3) is 11.3 Å². The second-order valence-electron chi connectivity index (χ2n) is 6.87. The third-order valence-electron chi connectivity index (χ3n) is 5.08. The monoisotopic (exact) mass is 359 g/mol. The van der Waals surface area contributed by atoms with Crippen LogP contribution in [0.4, 0.5) is 0 Å². The number of hydrogen-bond acceptors (Lipinski definition) is 3. The Morgan fingerprint density at radius 2 is 1.74 bits per heavy atom. The number of amides is 1. The lowest BCUT2D eigenvalue weighted by atomic mass is 9.89. The Labute approximate surface area is 158 Å². The van der Waals surface area contributed by atoms with Gasteiger partial charge < -0.3 is 4.90 Å². The van der Waals surface area contributed by atoms with E-state index in [2.05, 4.69) is 10.2 Å². The van der Waals surface area contributed by atoms with Crippen molar-refractivity contribution in [1.29, 1.82) is 0 Å². The number of nitrogens with one attached hydrogen (secondary N) is 1. The number of benzene rings is 2. The molecule has 1 fully saturated rings. The predicted octanol–water partition coefficient (Wildman–Crippen LogP) is 3.81. The van der Waals surface area contributed by atoms with E-state index in [1.807, 2.05) is 60.7 Å². The molecule has 0 radical (unpaired) electrons. The Hall–Kier alpha value is -3.21. The van der Waals surface area contributed by atoms with Crippen LogP contribution in [-0.4, -0.2) is 39.9 Å². The van der Waals surface area contributed by atoms with Crippen LogP contribution >= 0.6 is 0 Å². The number of ketones is 1. The van der Waals surface area contributed by atoms with Gasteiger partial charge in [0.1, 0.15) is 0 Å². The molecule has 0 aliphatic carbocycles. The van der Waals surface area contributed by atoms with Gasteiger partial charge in [0.15, 0.2) is 5.78 Å². The lowest BCUT2D eigenvalue weighted by Crippen LogP contribution is -2.42. The smallest absolute Gasteiger partial charge is 0.253 e. The van der Waals surface area contributed by atoms with Crippen LogP contribution in [0.2, 0.25) is 0 Å². The van der Waals surface area contributed by atoms with Gasteiger partial charge in [-0.1, -0.05) is 42.5 Å². The fourth-order valence-electron chi connectivity index (χ4n) is 3.61. The summed E-state index contributed by atoms with van der Waals surface area (Å²) in [5, 5.41) is 6.86. The minimum Gasteiger partial charge on any atom is -0.338 e. The second kappa shape index (κ2) is 7.58. The molecule has 1 N–H and O–H groups in total. The Kier molecular flexibility index (Phi) is 4.83. The van der Waals surface area contributed by atoms with E-state index in [0.29, 0.717) is 18.7 Å². The number of aromatic nitrogens is 2. The van der Waals surface area contributed by atoms with Gasteiger partial charge in [-0.25, -0.2) is 0 Å². The van der Waals surface area contributed by atoms with Crippen LogP contribution in [0.5, 0.6) is 0 Å². The molecular weight excluding hydrogens is 338 g/mol. The average Bonchev–Trinajstić information content (AvgIpc) is 3.28. The molecule has 2 heterocycles. The molecule has 4 rings (SSSR count). The second-order valence-corrected chi connectivity index (χ2v) is 6.87. The number of carbonyl (C=O) groups is 2. The van der Waals surface area contributed by atoms with E-state index in [-0.39, 0.29) is 17.6 Å². The SMILES string of the molecule is O=C(c1ccccc1)C1CCCN(C(=O)c2ccc(-c3ccn[nH]3)cc2)C1. The van der Waals surface area contributed by atoms with Gasteiger partial charge in [0, 0.05) is 36.3 Å². The molecule has 136 valence electrons. The molecule has 3 aromatic rings. The molecule has 0 saturated carbocycles. The van der Waals surface area contributed by atoms with Crippen LogP contribution in [0.3, 0.4) is 0 Å². The first kappa shape index (κ1) is 17.2. The van der Waals surface area contributed by atoms with Crippen LogP contribution in [-0.2, 0) is 0 Å². The van der Waals surface area contributed by atoms with Crippen molar-refractivity contribution in [2.75, 3.05) is 13.1 Å². The summed E-state index contributed by atoms with van der Waals surface area (Å²) in [6.07, 6.45) is 3.38. The van der Waals surface area contributed by atoms with Crippen LogP contribution < -0.4 is 0 Å². The molecule has 1 unspecified atom stereocenters. The number of hydrogen-bond donors (Lipinski definition) is 1. The lowest BCUT2D eigenvalue weighted by molar-refractivity contribution is 0.0637. The van der Waals surface area contributed by atoms with Gasteiger partial charge in [-0.2, -0.15) is 5.10 Å². The molecule has 27 heavy (non-hydrogen) atoms. The number of H-pyrrole nitrogens is 1. The Morgan fingerprint density at radius 3 is 2.44 bits per heavy atom. The van der Waals surface area contributed by atoms with Gasteiger partial charge in [0.2, 0.25) is 0 Å². The summed E-state index contributed by atoms with van der Waals surface area (Å²) in [6.45, 7) is 1.18. The fraction of sp³-hybridized carbons (Fsp3) is 0.227. The van der Waals surface area contributed by atoms with Crippen molar-refractivity contribution in [3.63, 3.8) is 0 Å². The third-order valence-corrected chi connectivity index (χ3v) is 5.08. The highest BCUT2D eigenvalue weighted by molar-refractivity contribution is 5.99. The quantitative estimate of drug-likeness (QED) is 0.720. The molecule has 1 amide bonds. The van der Waals surface area contributed by atoms with Gasteiger partial charge in [-0.15, -0.1) is 0 Å². The van der Waals surface area contributed by atoms with Crippen molar-refractivity contribution in [2.24, 2.45) is 5.92 Å². The highest BCUT2D eigenvalue weighted by Gasteiger charge is 2.29. The van der Waals surface area contributed by atoms with Gasteiger partial charge in [-0.05, 0) is 36.6 Å². The summed E-state index contributed by atoms with van der Waals surface area (Å²) >= 11 is 0. The van der Waals surface area contributed by atoms with Crippen molar-refractivity contribution in [3.05, 3.63) is 78.0 Å². The maximum absolute atomic E-state index is 12.9. The highest BCUT2D eigenvalue weighted by atomic mass is 16.2. The van der Waals surface area contributed by atoms with E-state index in [4.69, 9.17) is 0 Å². The number of rotatable bonds is 4. The van der Waals surface area contributed by atoms with E-state index in [1.54, 1.807) is 11.1 Å². The molecule has 5 heteroatoms. The van der Waals surface area contributed by atoms with E-state index in [9.17, 15) is 9.59 Å². The predicted molar refractivity (Wildman–Crippen MR) is 103 cm³/mol. The largest absolute Gasteiger partial charge is 0.338 e. The first-order valence-corrected chi connectivity index (χ1v) is 9.21. The minimum absolute atomic E-state index is 0.0169. The number of nitrogens with zero attached hydrogens (tertiary/aromatic N) is 2. The number of Topliss-reactive ketones (excluding diaryl/α,β-unsaturated/α-hetero) is 1. The summed E-state index contributed by atoms with van der Waals surface area (Å²) in [6, 6.07) is 18.7. The Balaban J connectivity index is 1.46. The summed E-state index contributed by atoms with van der Waals surface area (Å²) < 4.78 is 0. The van der Waals surface area contributed by atoms with E-state index in [1.165, 1.54) is 0 Å². The van der Waals surface area contributed by atoms with Crippen LogP contribution in [0.1, 0.15) is 33.6 Å². The molecule has 1 aliphatic heterocycles. The van der Waals surface area contributed by atoms with Gasteiger partial charge in [-0.3, -0.25) is 14.7 Å². The molecule has 0 bridgehead atoms. The number of piperidine rings is 1. The first-order chi connectivity index (χ1) is 13.2. The normalized spacial score (nSPS) is 16.9. The molecule has 2 aromatic carbocycles.